The fourth-order valence-corrected chi connectivity index (χ4v) is 2.10. The van der Waals surface area contributed by atoms with Crippen molar-refractivity contribution >= 4 is 12.4 Å². The van der Waals surface area contributed by atoms with E-state index in [0.29, 0.717) is 24.3 Å². The fraction of sp³-hybridized carbons (Fsp3) is 0.300. The molecule has 2 aromatic rings. The lowest BCUT2D eigenvalue weighted by molar-refractivity contribution is 0.116. The fourth-order valence-electron chi connectivity index (χ4n) is 2.10. The number of rotatable bonds is 8. The molecular weight excluding hydrogens is 316 g/mol. The Hall–Kier alpha value is -2.66. The molecule has 0 fully saturated rings. The van der Waals surface area contributed by atoms with Crippen molar-refractivity contribution in [2.45, 2.75) is 25.9 Å². The maximum Gasteiger partial charge on any atom is 0.124 e. The summed E-state index contributed by atoms with van der Waals surface area (Å²) in [5.74, 6) is 0.429. The Morgan fingerprint density at radius 2 is 1.20 bits per heavy atom. The van der Waals surface area contributed by atoms with E-state index >= 15 is 0 Å². The van der Waals surface area contributed by atoms with E-state index in [1.165, 1.54) is 0 Å². The molecule has 0 saturated carbocycles. The van der Waals surface area contributed by atoms with E-state index < -0.39 is 0 Å². The minimum atomic E-state index is -0.0195. The number of benzene rings is 2. The molecule has 2 N–H and O–H groups in total. The largest absolute Gasteiger partial charge is 0.507 e. The number of para-hydroxylation sites is 2. The summed E-state index contributed by atoms with van der Waals surface area (Å²) in [5.41, 5.74) is 1.38. The number of aromatic hydroxyl groups is 2. The zero-order chi connectivity index (χ0) is 18.1. The Kier molecular flexibility index (Phi) is 7.16. The maximum absolute atomic E-state index is 9.69. The Morgan fingerprint density at radius 1 is 0.800 bits per heavy atom. The Morgan fingerprint density at radius 3 is 1.60 bits per heavy atom. The molecule has 0 heterocycles. The molecule has 2 unspecified atom stereocenters. The van der Waals surface area contributed by atoms with Gasteiger partial charge in [-0.25, -0.2) is 0 Å². The van der Waals surface area contributed by atoms with Gasteiger partial charge in [0.1, 0.15) is 11.5 Å². The second kappa shape index (κ2) is 9.59. The van der Waals surface area contributed by atoms with Crippen molar-refractivity contribution in [3.05, 3.63) is 59.7 Å². The Balaban J connectivity index is 1.74. The monoisotopic (exact) mass is 340 g/mol. The number of phenolic OH excluding ortho intramolecular Hbond substituents is 2. The third-order valence-electron chi connectivity index (χ3n) is 3.53. The van der Waals surface area contributed by atoms with Crippen molar-refractivity contribution in [3.8, 4) is 11.5 Å². The number of nitrogens with zero attached hydrogens (tertiary/aromatic N) is 2. The van der Waals surface area contributed by atoms with Gasteiger partial charge in [-0.15, -0.1) is 0 Å². The summed E-state index contributed by atoms with van der Waals surface area (Å²) < 4.78 is 5.64. The van der Waals surface area contributed by atoms with Crippen LogP contribution in [0.25, 0.3) is 0 Å². The molecule has 132 valence electrons. The predicted molar refractivity (Wildman–Crippen MR) is 101 cm³/mol. The molecule has 2 atom stereocenters. The van der Waals surface area contributed by atoms with Crippen LogP contribution >= 0.6 is 0 Å². The summed E-state index contributed by atoms with van der Waals surface area (Å²) in [6.45, 7) is 4.85. The second-order valence-electron chi connectivity index (χ2n) is 5.91. The van der Waals surface area contributed by atoms with Crippen LogP contribution in [0, 0.1) is 0 Å². The predicted octanol–water partition coefficient (Wildman–Crippen LogP) is 3.43. The molecule has 0 radical (unpaired) electrons. The standard InChI is InChI=1S/C20H24N2O3/c1-15(21-11-17-7-3-5-9-19(17)23)13-25-14-16(2)22-12-18-8-4-6-10-20(18)24/h3-12,15-16,23-24H,13-14H2,1-2H3. The summed E-state index contributed by atoms with van der Waals surface area (Å²) in [7, 11) is 0. The van der Waals surface area contributed by atoms with Crippen LogP contribution in [0.3, 0.4) is 0 Å². The highest BCUT2D eigenvalue weighted by Gasteiger charge is 2.04. The van der Waals surface area contributed by atoms with Gasteiger partial charge in [0.25, 0.3) is 0 Å². The van der Waals surface area contributed by atoms with Crippen molar-refractivity contribution in [1.82, 2.24) is 0 Å². The van der Waals surface area contributed by atoms with E-state index in [1.807, 2.05) is 38.1 Å². The molecule has 0 bridgehead atoms. The van der Waals surface area contributed by atoms with Gasteiger partial charge in [-0.3, -0.25) is 9.98 Å². The number of hydrogen-bond donors (Lipinski definition) is 2. The lowest BCUT2D eigenvalue weighted by Gasteiger charge is -2.10. The first-order valence-electron chi connectivity index (χ1n) is 8.26. The van der Waals surface area contributed by atoms with Gasteiger partial charge >= 0.3 is 0 Å². The van der Waals surface area contributed by atoms with Crippen molar-refractivity contribution in [3.63, 3.8) is 0 Å². The van der Waals surface area contributed by atoms with Crippen LogP contribution in [0.2, 0.25) is 0 Å². The van der Waals surface area contributed by atoms with Gasteiger partial charge in [0.05, 0.1) is 25.3 Å². The van der Waals surface area contributed by atoms with Gasteiger partial charge in [-0.2, -0.15) is 0 Å². The normalized spacial score (nSPS) is 14.2. The zero-order valence-corrected chi connectivity index (χ0v) is 14.5. The minimum Gasteiger partial charge on any atom is -0.507 e. The first-order valence-corrected chi connectivity index (χ1v) is 8.26. The molecule has 0 aromatic heterocycles. The first-order chi connectivity index (χ1) is 12.1. The molecule has 0 aliphatic carbocycles. The molecule has 0 aliphatic heterocycles. The van der Waals surface area contributed by atoms with Gasteiger partial charge in [-0.1, -0.05) is 24.3 Å². The van der Waals surface area contributed by atoms with Crippen molar-refractivity contribution in [1.29, 1.82) is 0 Å². The van der Waals surface area contributed by atoms with E-state index in [4.69, 9.17) is 4.74 Å². The summed E-state index contributed by atoms with van der Waals surface area (Å²) >= 11 is 0. The molecule has 0 aliphatic rings. The summed E-state index contributed by atoms with van der Waals surface area (Å²) in [4.78, 5) is 8.75. The highest BCUT2D eigenvalue weighted by molar-refractivity contribution is 5.83. The molecule has 25 heavy (non-hydrogen) atoms. The van der Waals surface area contributed by atoms with Gasteiger partial charge in [0, 0.05) is 23.6 Å². The highest BCUT2D eigenvalue weighted by Crippen LogP contribution is 2.14. The number of phenols is 2. The van der Waals surface area contributed by atoms with E-state index in [2.05, 4.69) is 9.98 Å². The van der Waals surface area contributed by atoms with Crippen LogP contribution in [-0.2, 0) is 4.74 Å². The lowest BCUT2D eigenvalue weighted by atomic mass is 10.2. The Bertz CT molecular complexity index is 667. The van der Waals surface area contributed by atoms with Crippen molar-refractivity contribution in [2.75, 3.05) is 13.2 Å². The molecule has 5 heteroatoms. The third kappa shape index (κ3) is 6.39. The van der Waals surface area contributed by atoms with Gasteiger partial charge in [-0.05, 0) is 38.1 Å². The zero-order valence-electron chi connectivity index (χ0n) is 14.5. The van der Waals surface area contributed by atoms with Gasteiger partial charge in [0.2, 0.25) is 0 Å². The molecule has 0 saturated heterocycles. The van der Waals surface area contributed by atoms with Crippen LogP contribution in [0.15, 0.2) is 58.5 Å². The average molecular weight is 340 g/mol. The molecule has 0 spiro atoms. The van der Waals surface area contributed by atoms with Gasteiger partial charge in [0.15, 0.2) is 0 Å². The molecular formula is C20H24N2O3. The van der Waals surface area contributed by atoms with Crippen LogP contribution < -0.4 is 0 Å². The summed E-state index contributed by atoms with van der Waals surface area (Å²) in [6, 6.07) is 14.1. The van der Waals surface area contributed by atoms with Crippen LogP contribution in [0.1, 0.15) is 25.0 Å². The van der Waals surface area contributed by atoms with Crippen molar-refractivity contribution < 1.29 is 14.9 Å². The number of hydrogen-bond acceptors (Lipinski definition) is 5. The van der Waals surface area contributed by atoms with Crippen LogP contribution in [0.4, 0.5) is 0 Å². The van der Waals surface area contributed by atoms with Crippen LogP contribution in [-0.4, -0.2) is 47.9 Å². The van der Waals surface area contributed by atoms with E-state index in [9.17, 15) is 10.2 Å². The molecule has 5 nitrogen and oxygen atoms in total. The summed E-state index contributed by atoms with van der Waals surface area (Å²) in [5, 5.41) is 19.4. The second-order valence-corrected chi connectivity index (χ2v) is 5.91. The molecule has 2 aromatic carbocycles. The number of ether oxygens (including phenoxy) is 1. The van der Waals surface area contributed by atoms with Gasteiger partial charge < -0.3 is 14.9 Å². The Labute approximate surface area is 148 Å². The maximum atomic E-state index is 9.69. The highest BCUT2D eigenvalue weighted by atomic mass is 16.5. The van der Waals surface area contributed by atoms with Crippen molar-refractivity contribution in [2.24, 2.45) is 9.98 Å². The lowest BCUT2D eigenvalue weighted by Crippen LogP contribution is -2.16. The van der Waals surface area contributed by atoms with E-state index in [0.717, 1.165) is 0 Å². The topological polar surface area (TPSA) is 74.4 Å². The number of aliphatic imine (C=N–C) groups is 2. The third-order valence-corrected chi connectivity index (χ3v) is 3.53. The smallest absolute Gasteiger partial charge is 0.124 e. The summed E-state index contributed by atoms with van der Waals surface area (Å²) in [6.07, 6.45) is 3.31. The minimum absolute atomic E-state index is 0.0195. The molecule has 0 amide bonds. The molecule has 2 rings (SSSR count). The first kappa shape index (κ1) is 18.7. The quantitative estimate of drug-likeness (QED) is 0.723. The average Bonchev–Trinajstić information content (AvgIpc) is 2.60. The SMILES string of the molecule is CC(COCC(C)N=Cc1ccccc1O)N=Cc1ccccc1O. The van der Waals surface area contributed by atoms with E-state index in [-0.39, 0.29) is 23.6 Å². The van der Waals surface area contributed by atoms with Crippen LogP contribution in [0.5, 0.6) is 11.5 Å². The van der Waals surface area contributed by atoms with E-state index in [1.54, 1.807) is 36.7 Å².